The zero-order valence-electron chi connectivity index (χ0n) is 18.8. The van der Waals surface area contributed by atoms with Crippen molar-refractivity contribution < 1.29 is 9.47 Å². The van der Waals surface area contributed by atoms with Crippen LogP contribution in [0.25, 0.3) is 11.0 Å². The van der Waals surface area contributed by atoms with Gasteiger partial charge in [0.25, 0.3) is 0 Å². The van der Waals surface area contributed by atoms with Gasteiger partial charge in [-0.15, -0.1) is 0 Å². The zero-order chi connectivity index (χ0) is 21.8. The lowest BCUT2D eigenvalue weighted by molar-refractivity contribution is 0.272. The summed E-state index contributed by atoms with van der Waals surface area (Å²) in [4.78, 5) is 4.80. The van der Waals surface area contributed by atoms with Gasteiger partial charge >= 0.3 is 0 Å². The van der Waals surface area contributed by atoms with Crippen molar-refractivity contribution in [1.82, 2.24) is 9.55 Å². The van der Waals surface area contributed by atoms with Gasteiger partial charge in [0.1, 0.15) is 30.5 Å². The predicted molar refractivity (Wildman–Crippen MR) is 126 cm³/mol. The molecule has 0 atom stereocenters. The molecule has 31 heavy (non-hydrogen) atoms. The van der Waals surface area contributed by atoms with Crippen molar-refractivity contribution in [2.75, 3.05) is 6.61 Å². The second-order valence-electron chi connectivity index (χ2n) is 8.90. The molecule has 4 heteroatoms. The van der Waals surface area contributed by atoms with Crippen LogP contribution in [0.2, 0.25) is 0 Å². The lowest BCUT2D eigenvalue weighted by atomic mass is 9.87. The second kappa shape index (κ2) is 8.84. The minimum atomic E-state index is 0.139. The molecule has 0 spiro atoms. The van der Waals surface area contributed by atoms with Crippen LogP contribution in [-0.4, -0.2) is 16.2 Å². The Morgan fingerprint density at radius 1 is 0.839 bits per heavy atom. The molecule has 0 aliphatic carbocycles. The van der Waals surface area contributed by atoms with E-state index in [0.29, 0.717) is 19.8 Å². The van der Waals surface area contributed by atoms with Gasteiger partial charge in [0.2, 0.25) is 0 Å². The monoisotopic (exact) mass is 414 g/mol. The third kappa shape index (κ3) is 5.08. The first-order chi connectivity index (χ1) is 14.9. The number of hydrogen-bond donors (Lipinski definition) is 0. The maximum atomic E-state index is 6.04. The number of aromatic nitrogens is 2. The average Bonchev–Trinajstić information content (AvgIpc) is 3.10. The van der Waals surface area contributed by atoms with Crippen molar-refractivity contribution in [3.05, 3.63) is 89.7 Å². The summed E-state index contributed by atoms with van der Waals surface area (Å²) in [5.74, 6) is 2.64. The predicted octanol–water partition coefficient (Wildman–Crippen LogP) is 6.30. The van der Waals surface area contributed by atoms with E-state index in [4.69, 9.17) is 14.5 Å². The summed E-state index contributed by atoms with van der Waals surface area (Å²) in [7, 11) is 0. The van der Waals surface area contributed by atoms with Crippen molar-refractivity contribution in [1.29, 1.82) is 0 Å². The van der Waals surface area contributed by atoms with E-state index < -0.39 is 0 Å². The van der Waals surface area contributed by atoms with Gasteiger partial charge < -0.3 is 14.0 Å². The SMILES string of the molecule is Cc1cccc(OCc2nc3ccccc3n2CCOc2ccc(C(C)(C)C)cc2)c1. The number of ether oxygens (including phenoxy) is 2. The van der Waals surface area contributed by atoms with Crippen LogP contribution in [-0.2, 0) is 18.6 Å². The van der Waals surface area contributed by atoms with Gasteiger partial charge in [-0.1, -0.05) is 57.2 Å². The first kappa shape index (κ1) is 21.0. The molecule has 0 unspecified atom stereocenters. The summed E-state index contributed by atoms with van der Waals surface area (Å²) in [6.45, 7) is 10.4. The number of rotatable bonds is 7. The number of nitrogens with zero attached hydrogens (tertiary/aromatic N) is 2. The van der Waals surface area contributed by atoms with Gasteiger partial charge in [-0.3, -0.25) is 0 Å². The number of imidazole rings is 1. The Hall–Kier alpha value is -3.27. The molecule has 0 saturated carbocycles. The summed E-state index contributed by atoms with van der Waals surface area (Å²) in [6.07, 6.45) is 0. The molecule has 0 N–H and O–H groups in total. The molecule has 4 rings (SSSR count). The molecule has 1 aromatic heterocycles. The fraction of sp³-hybridized carbons (Fsp3) is 0.296. The number of benzene rings is 3. The molecule has 0 fully saturated rings. The van der Waals surface area contributed by atoms with Crippen LogP contribution < -0.4 is 9.47 Å². The summed E-state index contributed by atoms with van der Waals surface area (Å²) in [6, 6.07) is 24.6. The molecule has 3 aromatic carbocycles. The minimum Gasteiger partial charge on any atom is -0.492 e. The fourth-order valence-corrected chi connectivity index (χ4v) is 3.64. The Bertz CT molecular complexity index is 1150. The van der Waals surface area contributed by atoms with Crippen molar-refractivity contribution >= 4 is 11.0 Å². The standard InChI is InChI=1S/C27H30N2O2/c1-20-8-7-9-23(18-20)31-19-26-28-24-10-5-6-11-25(24)29(26)16-17-30-22-14-12-21(13-15-22)27(2,3)4/h5-15,18H,16-17,19H2,1-4H3. The molecule has 4 nitrogen and oxygen atoms in total. The third-order valence-corrected chi connectivity index (χ3v) is 5.40. The third-order valence-electron chi connectivity index (χ3n) is 5.40. The zero-order valence-corrected chi connectivity index (χ0v) is 18.8. The van der Waals surface area contributed by atoms with Gasteiger partial charge in [0.05, 0.1) is 17.6 Å². The lowest BCUT2D eigenvalue weighted by Crippen LogP contribution is -2.13. The van der Waals surface area contributed by atoms with Crippen LogP contribution in [0.3, 0.4) is 0 Å². The van der Waals surface area contributed by atoms with E-state index in [9.17, 15) is 0 Å². The number of fused-ring (bicyclic) bond motifs is 1. The largest absolute Gasteiger partial charge is 0.492 e. The molecular formula is C27H30N2O2. The molecular weight excluding hydrogens is 384 g/mol. The molecule has 0 saturated heterocycles. The van der Waals surface area contributed by atoms with Crippen LogP contribution in [0, 0.1) is 6.92 Å². The maximum Gasteiger partial charge on any atom is 0.148 e. The highest BCUT2D eigenvalue weighted by Gasteiger charge is 2.14. The molecule has 0 aliphatic rings. The Kier molecular flexibility index (Phi) is 5.99. The summed E-state index contributed by atoms with van der Waals surface area (Å²) < 4.78 is 14.3. The highest BCUT2D eigenvalue weighted by Crippen LogP contribution is 2.24. The number of aryl methyl sites for hydroxylation is 1. The fourth-order valence-electron chi connectivity index (χ4n) is 3.64. The van der Waals surface area contributed by atoms with Crippen LogP contribution in [0.4, 0.5) is 0 Å². The van der Waals surface area contributed by atoms with Crippen molar-refractivity contribution in [2.45, 2.75) is 46.3 Å². The Balaban J connectivity index is 1.46. The van der Waals surface area contributed by atoms with Gasteiger partial charge in [-0.25, -0.2) is 4.98 Å². The van der Waals surface area contributed by atoms with Gasteiger partial charge in [-0.2, -0.15) is 0 Å². The Morgan fingerprint density at radius 3 is 2.35 bits per heavy atom. The van der Waals surface area contributed by atoms with Gasteiger partial charge in [-0.05, 0) is 59.9 Å². The van der Waals surface area contributed by atoms with Crippen molar-refractivity contribution in [3.8, 4) is 11.5 Å². The molecule has 0 bridgehead atoms. The van der Waals surface area contributed by atoms with Crippen LogP contribution in [0.5, 0.6) is 11.5 Å². The van der Waals surface area contributed by atoms with E-state index in [-0.39, 0.29) is 5.41 Å². The van der Waals surface area contributed by atoms with E-state index in [1.165, 1.54) is 11.1 Å². The topological polar surface area (TPSA) is 36.3 Å². The van der Waals surface area contributed by atoms with E-state index >= 15 is 0 Å². The molecule has 160 valence electrons. The summed E-state index contributed by atoms with van der Waals surface area (Å²) in [5, 5.41) is 0. The van der Waals surface area contributed by atoms with Crippen LogP contribution in [0.1, 0.15) is 37.7 Å². The molecule has 1 heterocycles. The Labute approximate surface area is 184 Å². The van der Waals surface area contributed by atoms with E-state index in [2.05, 4.69) is 56.5 Å². The second-order valence-corrected chi connectivity index (χ2v) is 8.90. The first-order valence-electron chi connectivity index (χ1n) is 10.8. The molecule has 4 aromatic rings. The van der Waals surface area contributed by atoms with Gasteiger partial charge in [0.15, 0.2) is 0 Å². The normalized spacial score (nSPS) is 11.6. The average molecular weight is 415 g/mol. The number of para-hydroxylation sites is 2. The van der Waals surface area contributed by atoms with E-state index in [1.807, 2.05) is 48.5 Å². The lowest BCUT2D eigenvalue weighted by Gasteiger charge is -2.19. The van der Waals surface area contributed by atoms with Crippen molar-refractivity contribution in [3.63, 3.8) is 0 Å². The highest BCUT2D eigenvalue weighted by atomic mass is 16.5. The quantitative estimate of drug-likeness (QED) is 0.356. The minimum absolute atomic E-state index is 0.139. The van der Waals surface area contributed by atoms with Crippen LogP contribution >= 0.6 is 0 Å². The maximum absolute atomic E-state index is 6.04. The molecule has 0 radical (unpaired) electrons. The van der Waals surface area contributed by atoms with E-state index in [1.54, 1.807) is 0 Å². The summed E-state index contributed by atoms with van der Waals surface area (Å²) in [5.41, 5.74) is 4.69. The van der Waals surface area contributed by atoms with Gasteiger partial charge in [0, 0.05) is 0 Å². The Morgan fingerprint density at radius 2 is 1.61 bits per heavy atom. The highest BCUT2D eigenvalue weighted by molar-refractivity contribution is 5.75. The molecule has 0 amide bonds. The van der Waals surface area contributed by atoms with Crippen molar-refractivity contribution in [2.24, 2.45) is 0 Å². The number of hydrogen-bond acceptors (Lipinski definition) is 3. The summed E-state index contributed by atoms with van der Waals surface area (Å²) >= 11 is 0. The smallest absolute Gasteiger partial charge is 0.148 e. The molecule has 0 aliphatic heterocycles. The first-order valence-corrected chi connectivity index (χ1v) is 10.8. The van der Waals surface area contributed by atoms with Crippen LogP contribution in [0.15, 0.2) is 72.8 Å². The van der Waals surface area contributed by atoms with E-state index in [0.717, 1.165) is 28.4 Å².